The second kappa shape index (κ2) is 9.35. The molecule has 2 N–H and O–H groups in total. The monoisotopic (exact) mass is 283 g/mol. The average molecular weight is 283 g/mol. The maximum Gasteiger partial charge on any atom is 0.234 e. The predicted molar refractivity (Wildman–Crippen MR) is 84.9 cm³/mol. The molecule has 0 saturated heterocycles. The molecule has 0 aromatic heterocycles. The molecule has 20 heavy (non-hydrogen) atoms. The highest BCUT2D eigenvalue weighted by Crippen LogP contribution is 2.23. The van der Waals surface area contributed by atoms with Gasteiger partial charge in [0, 0.05) is 18.1 Å². The molecule has 0 aromatic carbocycles. The van der Waals surface area contributed by atoms with E-state index in [9.17, 15) is 4.79 Å². The molecule has 0 atom stereocenters. The van der Waals surface area contributed by atoms with Gasteiger partial charge in [0.25, 0.3) is 0 Å². The van der Waals surface area contributed by atoms with Crippen LogP contribution in [0.2, 0.25) is 0 Å². The van der Waals surface area contributed by atoms with Gasteiger partial charge in [-0.15, -0.1) is 0 Å². The van der Waals surface area contributed by atoms with Gasteiger partial charge in [-0.1, -0.05) is 13.8 Å². The molecule has 1 rings (SSSR count). The Morgan fingerprint density at radius 1 is 1.20 bits per heavy atom. The van der Waals surface area contributed by atoms with Gasteiger partial charge in [-0.3, -0.25) is 9.69 Å². The lowest BCUT2D eigenvalue weighted by Crippen LogP contribution is -2.47. The van der Waals surface area contributed by atoms with Crippen LogP contribution in [0.25, 0.3) is 0 Å². The van der Waals surface area contributed by atoms with Crippen molar-refractivity contribution in [2.75, 3.05) is 19.6 Å². The molecule has 1 aliphatic rings. The van der Waals surface area contributed by atoms with Crippen molar-refractivity contribution < 1.29 is 4.79 Å². The normalized spacial score (nSPS) is 23.3. The van der Waals surface area contributed by atoms with E-state index in [-0.39, 0.29) is 11.9 Å². The summed E-state index contributed by atoms with van der Waals surface area (Å²) < 4.78 is 0. The zero-order valence-corrected chi connectivity index (χ0v) is 13.7. The fraction of sp³-hybridized carbons (Fsp3) is 0.938. The lowest BCUT2D eigenvalue weighted by atomic mass is 9.90. The van der Waals surface area contributed by atoms with E-state index in [0.717, 1.165) is 13.1 Å². The van der Waals surface area contributed by atoms with Gasteiger partial charge in [-0.2, -0.15) is 0 Å². The van der Waals surface area contributed by atoms with Crippen molar-refractivity contribution in [3.63, 3.8) is 0 Å². The van der Waals surface area contributed by atoms with Crippen LogP contribution in [0, 0.1) is 0 Å². The van der Waals surface area contributed by atoms with Crippen LogP contribution in [0.3, 0.4) is 0 Å². The standard InChI is InChI=1S/C16H33N3O/c1-5-11-17-14-7-9-15(10-8-14)19(6-2)12-16(20)18-13(3)4/h13-15,17H,5-12H2,1-4H3,(H,18,20). The average Bonchev–Trinajstić information content (AvgIpc) is 2.42. The number of hydrogen-bond acceptors (Lipinski definition) is 3. The first-order valence-corrected chi connectivity index (χ1v) is 8.33. The molecule has 1 fully saturated rings. The summed E-state index contributed by atoms with van der Waals surface area (Å²) >= 11 is 0. The second-order valence-electron chi connectivity index (χ2n) is 6.24. The number of carbonyl (C=O) groups is 1. The van der Waals surface area contributed by atoms with Crippen molar-refractivity contribution in [1.29, 1.82) is 0 Å². The molecule has 118 valence electrons. The molecule has 0 aliphatic heterocycles. The van der Waals surface area contributed by atoms with E-state index in [1.165, 1.54) is 32.1 Å². The van der Waals surface area contributed by atoms with Gasteiger partial charge in [0.15, 0.2) is 0 Å². The third kappa shape index (κ3) is 6.23. The Balaban J connectivity index is 2.34. The summed E-state index contributed by atoms with van der Waals surface area (Å²) in [6, 6.07) is 1.50. The Kier molecular flexibility index (Phi) is 8.15. The van der Waals surface area contributed by atoms with Gasteiger partial charge in [0.05, 0.1) is 6.54 Å². The van der Waals surface area contributed by atoms with Crippen LogP contribution in [0.5, 0.6) is 0 Å². The number of amides is 1. The van der Waals surface area contributed by atoms with Crippen molar-refractivity contribution in [1.82, 2.24) is 15.5 Å². The first-order valence-electron chi connectivity index (χ1n) is 8.33. The Hall–Kier alpha value is -0.610. The van der Waals surface area contributed by atoms with Crippen molar-refractivity contribution >= 4 is 5.91 Å². The van der Waals surface area contributed by atoms with Gasteiger partial charge >= 0.3 is 0 Å². The van der Waals surface area contributed by atoms with Crippen LogP contribution >= 0.6 is 0 Å². The van der Waals surface area contributed by atoms with E-state index < -0.39 is 0 Å². The fourth-order valence-corrected chi connectivity index (χ4v) is 3.04. The molecule has 0 bridgehead atoms. The molecule has 0 aromatic rings. The number of nitrogens with one attached hydrogen (secondary N) is 2. The van der Waals surface area contributed by atoms with Gasteiger partial charge in [-0.05, 0) is 59.0 Å². The van der Waals surface area contributed by atoms with E-state index in [0.29, 0.717) is 18.6 Å². The van der Waals surface area contributed by atoms with Crippen LogP contribution in [0.4, 0.5) is 0 Å². The summed E-state index contributed by atoms with van der Waals surface area (Å²) in [7, 11) is 0. The molecule has 1 amide bonds. The number of nitrogens with zero attached hydrogens (tertiary/aromatic N) is 1. The van der Waals surface area contributed by atoms with Gasteiger partial charge in [0.2, 0.25) is 5.91 Å². The number of carbonyl (C=O) groups excluding carboxylic acids is 1. The zero-order chi connectivity index (χ0) is 15.0. The molecule has 4 heteroatoms. The third-order valence-corrected chi connectivity index (χ3v) is 4.10. The van der Waals surface area contributed by atoms with Crippen LogP contribution in [0.15, 0.2) is 0 Å². The second-order valence-corrected chi connectivity index (χ2v) is 6.24. The molecular formula is C16H33N3O. The lowest BCUT2D eigenvalue weighted by Gasteiger charge is -2.36. The molecular weight excluding hydrogens is 250 g/mol. The Labute approximate surface area is 124 Å². The van der Waals surface area contributed by atoms with E-state index in [1.54, 1.807) is 0 Å². The molecule has 1 aliphatic carbocycles. The van der Waals surface area contributed by atoms with Crippen molar-refractivity contribution in [3.05, 3.63) is 0 Å². The topological polar surface area (TPSA) is 44.4 Å². The maximum absolute atomic E-state index is 11.9. The highest BCUT2D eigenvalue weighted by atomic mass is 16.2. The van der Waals surface area contributed by atoms with Crippen LogP contribution in [-0.4, -0.2) is 48.6 Å². The van der Waals surface area contributed by atoms with E-state index in [2.05, 4.69) is 29.4 Å². The zero-order valence-electron chi connectivity index (χ0n) is 13.7. The number of rotatable bonds is 8. The summed E-state index contributed by atoms with van der Waals surface area (Å²) in [5.41, 5.74) is 0. The maximum atomic E-state index is 11.9. The fourth-order valence-electron chi connectivity index (χ4n) is 3.04. The van der Waals surface area contributed by atoms with Crippen molar-refractivity contribution in [2.24, 2.45) is 0 Å². The summed E-state index contributed by atoms with van der Waals surface area (Å²) in [6.07, 6.45) is 6.12. The SMILES string of the molecule is CCCNC1CCC(N(CC)CC(=O)NC(C)C)CC1. The van der Waals surface area contributed by atoms with Crippen LogP contribution in [0.1, 0.15) is 59.8 Å². The molecule has 0 spiro atoms. The summed E-state index contributed by atoms with van der Waals surface area (Å²) in [5, 5.41) is 6.61. The van der Waals surface area contributed by atoms with Crippen molar-refractivity contribution in [3.8, 4) is 0 Å². The molecule has 0 radical (unpaired) electrons. The molecule has 0 heterocycles. The number of hydrogen-bond donors (Lipinski definition) is 2. The van der Waals surface area contributed by atoms with Gasteiger partial charge in [0.1, 0.15) is 0 Å². The number of likely N-dealkylation sites (N-methyl/N-ethyl adjacent to an activating group) is 1. The highest BCUT2D eigenvalue weighted by Gasteiger charge is 2.25. The van der Waals surface area contributed by atoms with Crippen LogP contribution < -0.4 is 10.6 Å². The highest BCUT2D eigenvalue weighted by molar-refractivity contribution is 5.78. The Bertz CT molecular complexity index is 273. The van der Waals surface area contributed by atoms with Gasteiger partial charge < -0.3 is 10.6 Å². The minimum Gasteiger partial charge on any atom is -0.353 e. The Morgan fingerprint density at radius 2 is 1.85 bits per heavy atom. The van der Waals surface area contributed by atoms with E-state index in [1.807, 2.05) is 13.8 Å². The predicted octanol–water partition coefficient (Wildman–Crippen LogP) is 2.14. The smallest absolute Gasteiger partial charge is 0.234 e. The molecule has 0 unspecified atom stereocenters. The summed E-state index contributed by atoms with van der Waals surface area (Å²) in [5.74, 6) is 0.160. The largest absolute Gasteiger partial charge is 0.353 e. The van der Waals surface area contributed by atoms with Gasteiger partial charge in [-0.25, -0.2) is 0 Å². The Morgan fingerprint density at radius 3 is 2.35 bits per heavy atom. The van der Waals surface area contributed by atoms with E-state index in [4.69, 9.17) is 0 Å². The first-order chi connectivity index (χ1) is 9.56. The van der Waals surface area contributed by atoms with Crippen molar-refractivity contribution in [2.45, 2.75) is 77.9 Å². The molecule has 1 saturated carbocycles. The minimum atomic E-state index is 0.160. The first kappa shape index (κ1) is 17.4. The van der Waals surface area contributed by atoms with E-state index >= 15 is 0 Å². The summed E-state index contributed by atoms with van der Waals surface area (Å²) in [4.78, 5) is 14.2. The quantitative estimate of drug-likeness (QED) is 0.717. The molecule has 4 nitrogen and oxygen atoms in total. The summed E-state index contributed by atoms with van der Waals surface area (Å²) in [6.45, 7) is 11.0. The minimum absolute atomic E-state index is 0.160. The third-order valence-electron chi connectivity index (χ3n) is 4.10. The lowest BCUT2D eigenvalue weighted by molar-refractivity contribution is -0.123. The van der Waals surface area contributed by atoms with Crippen LogP contribution in [-0.2, 0) is 4.79 Å².